The van der Waals surface area contributed by atoms with Crippen molar-refractivity contribution in [2.75, 3.05) is 11.1 Å². The molecular weight excluding hydrogens is 345 g/mol. The normalized spacial score (nSPS) is 11.0. The summed E-state index contributed by atoms with van der Waals surface area (Å²) in [6.45, 7) is 0. The van der Waals surface area contributed by atoms with Gasteiger partial charge in [-0.1, -0.05) is 11.6 Å². The molecule has 0 saturated carbocycles. The van der Waals surface area contributed by atoms with E-state index in [4.69, 9.17) is 17.3 Å². The summed E-state index contributed by atoms with van der Waals surface area (Å²) >= 11 is 6.17. The average Bonchev–Trinajstić information content (AvgIpc) is 2.55. The number of nitrogen functional groups attached to an aromatic ring is 1. The number of nitrogens with one attached hydrogen (secondary N) is 1. The predicted octanol–water partition coefficient (Wildman–Crippen LogP) is 3.33. The Labute approximate surface area is 138 Å². The largest absolute Gasteiger partial charge is 0.396 e. The number of benzene rings is 2. The zero-order valence-electron chi connectivity index (χ0n) is 12.2. The third-order valence-electron chi connectivity index (χ3n) is 3.47. The lowest BCUT2D eigenvalue weighted by Crippen LogP contribution is -2.17. The van der Waals surface area contributed by atoms with Crippen molar-refractivity contribution in [3.63, 3.8) is 0 Å². The van der Waals surface area contributed by atoms with Gasteiger partial charge < -0.3 is 15.6 Å². The summed E-state index contributed by atoms with van der Waals surface area (Å²) in [7, 11) is 1.48. The van der Waals surface area contributed by atoms with E-state index in [2.05, 4.69) is 10.3 Å². The molecule has 2 aromatic carbocycles. The summed E-state index contributed by atoms with van der Waals surface area (Å²) in [6, 6.07) is 3.36. The molecule has 0 unspecified atom stereocenters. The van der Waals surface area contributed by atoms with Crippen molar-refractivity contribution in [2.45, 2.75) is 0 Å². The minimum atomic E-state index is -1.45. The highest BCUT2D eigenvalue weighted by atomic mass is 35.5. The molecule has 0 aliphatic carbocycles. The molecule has 1 aromatic heterocycles. The van der Waals surface area contributed by atoms with Gasteiger partial charge in [0.05, 0.1) is 33.6 Å². The third kappa shape index (κ3) is 2.44. The molecule has 0 spiro atoms. The Morgan fingerprint density at radius 2 is 1.96 bits per heavy atom. The van der Waals surface area contributed by atoms with Gasteiger partial charge in [-0.2, -0.15) is 0 Å². The van der Waals surface area contributed by atoms with Crippen LogP contribution in [0.2, 0.25) is 5.02 Å². The quantitative estimate of drug-likeness (QED) is 0.547. The van der Waals surface area contributed by atoms with Gasteiger partial charge in [-0.25, -0.2) is 18.2 Å². The maximum Gasteiger partial charge on any atom is 0.262 e. The second-order valence-corrected chi connectivity index (χ2v) is 5.44. The maximum atomic E-state index is 14.0. The molecule has 24 heavy (non-hydrogen) atoms. The molecule has 3 aromatic rings. The van der Waals surface area contributed by atoms with E-state index in [1.54, 1.807) is 0 Å². The fourth-order valence-electron chi connectivity index (χ4n) is 2.22. The van der Waals surface area contributed by atoms with Gasteiger partial charge >= 0.3 is 0 Å². The average molecular weight is 355 g/mol. The van der Waals surface area contributed by atoms with Gasteiger partial charge in [0.25, 0.3) is 5.56 Å². The molecule has 124 valence electrons. The molecule has 3 N–H and O–H groups in total. The number of anilines is 3. The van der Waals surface area contributed by atoms with E-state index < -0.39 is 34.4 Å². The zero-order chi connectivity index (χ0) is 17.6. The lowest BCUT2D eigenvalue weighted by molar-refractivity contribution is 0.501. The molecule has 0 bridgehead atoms. The lowest BCUT2D eigenvalue weighted by atomic mass is 10.2. The Kier molecular flexibility index (Phi) is 3.84. The van der Waals surface area contributed by atoms with E-state index in [0.29, 0.717) is 11.6 Å². The van der Waals surface area contributed by atoms with Gasteiger partial charge in [-0.15, -0.1) is 0 Å². The van der Waals surface area contributed by atoms with E-state index in [-0.39, 0.29) is 16.1 Å². The fourth-order valence-corrected chi connectivity index (χ4v) is 2.51. The SMILES string of the molecule is Cn1cnc2ccc(Nc3c(F)c(N)cc(F)c3F)c(Cl)c2c1=O. The first-order valence-electron chi connectivity index (χ1n) is 6.65. The number of aromatic nitrogens is 2. The Morgan fingerprint density at radius 3 is 2.67 bits per heavy atom. The van der Waals surface area contributed by atoms with E-state index in [9.17, 15) is 18.0 Å². The van der Waals surface area contributed by atoms with E-state index in [1.807, 2.05) is 0 Å². The first kappa shape index (κ1) is 16.1. The first-order valence-corrected chi connectivity index (χ1v) is 7.03. The van der Waals surface area contributed by atoms with Crippen LogP contribution in [0.5, 0.6) is 0 Å². The van der Waals surface area contributed by atoms with Gasteiger partial charge in [0, 0.05) is 13.1 Å². The first-order chi connectivity index (χ1) is 11.3. The topological polar surface area (TPSA) is 72.9 Å². The van der Waals surface area contributed by atoms with Crippen LogP contribution in [0.4, 0.5) is 30.2 Å². The third-order valence-corrected chi connectivity index (χ3v) is 3.86. The van der Waals surface area contributed by atoms with Gasteiger partial charge in [0.1, 0.15) is 5.69 Å². The number of rotatable bonds is 2. The number of nitrogens with zero attached hydrogens (tertiary/aromatic N) is 2. The lowest BCUT2D eigenvalue weighted by Gasteiger charge is -2.13. The van der Waals surface area contributed by atoms with E-state index in [1.165, 1.54) is 30.1 Å². The van der Waals surface area contributed by atoms with Crippen LogP contribution in [0.25, 0.3) is 10.9 Å². The molecular formula is C15H10ClF3N4O. The van der Waals surface area contributed by atoms with Crippen molar-refractivity contribution in [3.05, 3.63) is 57.4 Å². The van der Waals surface area contributed by atoms with Crippen LogP contribution in [0.15, 0.2) is 29.3 Å². The van der Waals surface area contributed by atoms with Crippen molar-refractivity contribution in [1.29, 1.82) is 0 Å². The van der Waals surface area contributed by atoms with Gasteiger partial charge in [0.15, 0.2) is 17.5 Å². The smallest absolute Gasteiger partial charge is 0.262 e. The highest BCUT2D eigenvalue weighted by Gasteiger charge is 2.19. The molecule has 1 heterocycles. The summed E-state index contributed by atoms with van der Waals surface area (Å²) in [5.74, 6) is -3.92. The fraction of sp³-hybridized carbons (Fsp3) is 0.0667. The Bertz CT molecular complexity index is 1010. The number of aryl methyl sites for hydroxylation is 1. The Hall–Kier alpha value is -2.74. The summed E-state index contributed by atoms with van der Waals surface area (Å²) < 4.78 is 42.5. The maximum absolute atomic E-state index is 14.0. The van der Waals surface area contributed by atoms with Crippen molar-refractivity contribution in [3.8, 4) is 0 Å². The summed E-state index contributed by atoms with van der Waals surface area (Å²) in [4.78, 5) is 16.2. The van der Waals surface area contributed by atoms with E-state index in [0.717, 1.165) is 0 Å². The number of fused-ring (bicyclic) bond motifs is 1. The number of nitrogens with two attached hydrogens (primary N) is 1. The zero-order valence-corrected chi connectivity index (χ0v) is 13.0. The molecule has 3 rings (SSSR count). The number of halogens is 4. The van der Waals surface area contributed by atoms with Crippen molar-refractivity contribution in [2.24, 2.45) is 7.05 Å². The summed E-state index contributed by atoms with van der Waals surface area (Å²) in [6.07, 6.45) is 1.32. The molecule has 9 heteroatoms. The van der Waals surface area contributed by atoms with Crippen molar-refractivity contribution >= 4 is 39.6 Å². The van der Waals surface area contributed by atoms with Gasteiger partial charge in [-0.05, 0) is 12.1 Å². The minimum Gasteiger partial charge on any atom is -0.396 e. The molecule has 0 fully saturated rings. The van der Waals surface area contributed by atoms with Crippen LogP contribution in [0.1, 0.15) is 0 Å². The molecule has 0 amide bonds. The number of hydrogen-bond donors (Lipinski definition) is 2. The minimum absolute atomic E-state index is 0.0112. The molecule has 5 nitrogen and oxygen atoms in total. The second-order valence-electron chi connectivity index (χ2n) is 5.06. The summed E-state index contributed by atoms with van der Waals surface area (Å²) in [5.41, 5.74) is 3.83. The number of hydrogen-bond acceptors (Lipinski definition) is 4. The monoisotopic (exact) mass is 354 g/mol. The van der Waals surface area contributed by atoms with Crippen LogP contribution < -0.4 is 16.6 Å². The molecule has 0 aliphatic rings. The predicted molar refractivity (Wildman–Crippen MR) is 86.0 cm³/mol. The highest BCUT2D eigenvalue weighted by Crippen LogP contribution is 2.34. The standard InChI is InChI=1S/C15H10ClF3N4O/c1-23-5-21-8-2-3-9(11(16)10(8)15(23)24)22-14-12(18)6(17)4-7(20)13(14)19/h2-5,22H,20H2,1H3. The van der Waals surface area contributed by atoms with Gasteiger partial charge in [-0.3, -0.25) is 4.79 Å². The second kappa shape index (κ2) is 5.72. The molecule has 0 atom stereocenters. The van der Waals surface area contributed by atoms with Crippen molar-refractivity contribution < 1.29 is 13.2 Å². The Balaban J connectivity index is 2.21. The van der Waals surface area contributed by atoms with Crippen molar-refractivity contribution in [1.82, 2.24) is 9.55 Å². The van der Waals surface area contributed by atoms with Gasteiger partial charge in [0.2, 0.25) is 0 Å². The Morgan fingerprint density at radius 1 is 1.25 bits per heavy atom. The molecule has 0 saturated heterocycles. The van der Waals surface area contributed by atoms with Crippen LogP contribution in [-0.2, 0) is 7.05 Å². The highest BCUT2D eigenvalue weighted by molar-refractivity contribution is 6.38. The van der Waals surface area contributed by atoms with Crippen LogP contribution in [-0.4, -0.2) is 9.55 Å². The van der Waals surface area contributed by atoms with Crippen LogP contribution in [0, 0.1) is 17.5 Å². The van der Waals surface area contributed by atoms with Crippen LogP contribution >= 0.6 is 11.6 Å². The summed E-state index contributed by atoms with van der Waals surface area (Å²) in [5, 5.41) is 2.32. The molecule has 0 radical (unpaired) electrons. The molecule has 0 aliphatic heterocycles. The van der Waals surface area contributed by atoms with Crippen LogP contribution in [0.3, 0.4) is 0 Å². The van der Waals surface area contributed by atoms with E-state index >= 15 is 0 Å².